The second-order valence-electron chi connectivity index (χ2n) is 5.59. The summed E-state index contributed by atoms with van der Waals surface area (Å²) in [7, 11) is 1.88. The third-order valence-electron chi connectivity index (χ3n) is 3.86. The summed E-state index contributed by atoms with van der Waals surface area (Å²) in [4.78, 5) is 9.11. The minimum absolute atomic E-state index is 0.589. The molecular formula is C16H21N3O. The molecule has 3 rings (SSSR count). The summed E-state index contributed by atoms with van der Waals surface area (Å²) >= 11 is 0. The largest absolute Gasteiger partial charge is 0.457 e. The zero-order valence-electron chi connectivity index (χ0n) is 12.3. The summed E-state index contributed by atoms with van der Waals surface area (Å²) in [5, 5.41) is 3.09. The van der Waals surface area contributed by atoms with Gasteiger partial charge in [-0.1, -0.05) is 20.3 Å². The number of nitrogens with one attached hydrogen (secondary N) is 1. The Morgan fingerprint density at radius 3 is 2.80 bits per heavy atom. The van der Waals surface area contributed by atoms with Gasteiger partial charge in [-0.05, 0) is 30.9 Å². The van der Waals surface area contributed by atoms with E-state index in [1.54, 1.807) is 0 Å². The highest BCUT2D eigenvalue weighted by atomic mass is 16.3. The number of furan rings is 1. The van der Waals surface area contributed by atoms with Crippen LogP contribution in [-0.4, -0.2) is 17.0 Å². The number of hydrogen-bond donors (Lipinski definition) is 1. The van der Waals surface area contributed by atoms with Crippen LogP contribution < -0.4 is 5.32 Å². The van der Waals surface area contributed by atoms with E-state index in [1.165, 1.54) is 6.42 Å². The Morgan fingerprint density at radius 2 is 2.15 bits per heavy atom. The molecule has 1 N–H and O–H groups in total. The maximum absolute atomic E-state index is 5.94. The van der Waals surface area contributed by atoms with E-state index in [0.717, 1.165) is 41.8 Å². The fourth-order valence-electron chi connectivity index (χ4n) is 2.51. The standard InChI is InChI=1S/C16H21N3O/c1-4-5-11-9-15(17-3)19-16(18-11)14-7-6-13(20-14)12-8-10(12)2/h6-7,9-10,12H,4-5,8H2,1-3H3,(H,17,18,19). The Morgan fingerprint density at radius 1 is 1.35 bits per heavy atom. The summed E-state index contributed by atoms with van der Waals surface area (Å²) in [5.74, 6) is 4.70. The van der Waals surface area contributed by atoms with Crippen molar-refractivity contribution in [2.45, 2.75) is 39.0 Å². The van der Waals surface area contributed by atoms with Crippen molar-refractivity contribution in [2.24, 2.45) is 5.92 Å². The third kappa shape index (κ3) is 2.55. The molecule has 4 nitrogen and oxygen atoms in total. The lowest BCUT2D eigenvalue weighted by molar-refractivity contribution is 0.514. The van der Waals surface area contributed by atoms with Crippen LogP contribution >= 0.6 is 0 Å². The zero-order valence-corrected chi connectivity index (χ0v) is 12.3. The van der Waals surface area contributed by atoms with Crippen molar-refractivity contribution in [3.63, 3.8) is 0 Å². The van der Waals surface area contributed by atoms with Crippen LogP contribution in [0.25, 0.3) is 11.6 Å². The average Bonchev–Trinajstić information content (AvgIpc) is 3.00. The van der Waals surface area contributed by atoms with Gasteiger partial charge in [0.2, 0.25) is 0 Å². The first kappa shape index (κ1) is 13.2. The van der Waals surface area contributed by atoms with Gasteiger partial charge in [0.1, 0.15) is 11.6 Å². The number of hydrogen-bond acceptors (Lipinski definition) is 4. The highest BCUT2D eigenvalue weighted by molar-refractivity contribution is 5.52. The molecule has 0 amide bonds. The Kier molecular flexibility index (Phi) is 3.47. The van der Waals surface area contributed by atoms with E-state index in [2.05, 4.69) is 35.2 Å². The second kappa shape index (κ2) is 5.27. The molecule has 20 heavy (non-hydrogen) atoms. The fraction of sp³-hybridized carbons (Fsp3) is 0.500. The summed E-state index contributed by atoms with van der Waals surface area (Å²) in [6.45, 7) is 4.41. The zero-order chi connectivity index (χ0) is 14.1. The molecule has 0 spiro atoms. The molecule has 2 heterocycles. The molecule has 1 aliphatic rings. The number of aryl methyl sites for hydroxylation is 1. The number of rotatable bonds is 5. The van der Waals surface area contributed by atoms with Crippen LogP contribution in [-0.2, 0) is 6.42 Å². The molecule has 1 saturated carbocycles. The quantitative estimate of drug-likeness (QED) is 0.897. The van der Waals surface area contributed by atoms with Crippen LogP contribution in [0.5, 0.6) is 0 Å². The van der Waals surface area contributed by atoms with Crippen molar-refractivity contribution in [3.05, 3.63) is 29.7 Å². The van der Waals surface area contributed by atoms with E-state index in [1.807, 2.05) is 19.2 Å². The highest BCUT2D eigenvalue weighted by Crippen LogP contribution is 2.47. The lowest BCUT2D eigenvalue weighted by atomic mass is 10.2. The first-order chi connectivity index (χ1) is 9.71. The molecule has 2 aromatic rings. The molecule has 0 bridgehead atoms. The van der Waals surface area contributed by atoms with Crippen molar-refractivity contribution in [1.29, 1.82) is 0 Å². The van der Waals surface area contributed by atoms with Gasteiger partial charge < -0.3 is 9.73 Å². The van der Waals surface area contributed by atoms with E-state index in [0.29, 0.717) is 11.7 Å². The molecular weight excluding hydrogens is 250 g/mol. The molecule has 0 aliphatic heterocycles. The van der Waals surface area contributed by atoms with Crippen LogP contribution in [0.3, 0.4) is 0 Å². The summed E-state index contributed by atoms with van der Waals surface area (Å²) in [5.41, 5.74) is 1.06. The normalized spacial score (nSPS) is 20.9. The average molecular weight is 271 g/mol. The van der Waals surface area contributed by atoms with Gasteiger partial charge in [-0.2, -0.15) is 0 Å². The minimum Gasteiger partial charge on any atom is -0.457 e. The third-order valence-corrected chi connectivity index (χ3v) is 3.86. The molecule has 4 heteroatoms. The van der Waals surface area contributed by atoms with Crippen LogP contribution in [0.1, 0.15) is 44.1 Å². The molecule has 1 aliphatic carbocycles. The van der Waals surface area contributed by atoms with Crippen molar-refractivity contribution in [2.75, 3.05) is 12.4 Å². The van der Waals surface area contributed by atoms with Gasteiger partial charge in [0, 0.05) is 24.7 Å². The van der Waals surface area contributed by atoms with E-state index in [-0.39, 0.29) is 0 Å². The van der Waals surface area contributed by atoms with Gasteiger partial charge in [-0.25, -0.2) is 9.97 Å². The Bertz CT molecular complexity index is 606. The van der Waals surface area contributed by atoms with Gasteiger partial charge in [-0.3, -0.25) is 0 Å². The van der Waals surface area contributed by atoms with E-state index < -0.39 is 0 Å². The molecule has 106 valence electrons. The predicted molar refractivity (Wildman–Crippen MR) is 79.8 cm³/mol. The summed E-state index contributed by atoms with van der Waals surface area (Å²) in [6, 6.07) is 6.06. The van der Waals surface area contributed by atoms with Gasteiger partial charge in [-0.15, -0.1) is 0 Å². The molecule has 0 aromatic carbocycles. The maximum Gasteiger partial charge on any atom is 0.197 e. The smallest absolute Gasteiger partial charge is 0.197 e. The van der Waals surface area contributed by atoms with Crippen LogP contribution in [0, 0.1) is 5.92 Å². The summed E-state index contributed by atoms with van der Waals surface area (Å²) < 4.78 is 5.94. The summed E-state index contributed by atoms with van der Waals surface area (Å²) in [6.07, 6.45) is 3.26. The van der Waals surface area contributed by atoms with Gasteiger partial charge in [0.05, 0.1) is 0 Å². The SMILES string of the molecule is CCCc1cc(NC)nc(-c2ccc(C3CC3C)o2)n1. The maximum atomic E-state index is 5.94. The van der Waals surface area contributed by atoms with Crippen LogP contribution in [0.4, 0.5) is 5.82 Å². The Hall–Kier alpha value is -1.84. The lowest BCUT2D eigenvalue weighted by Gasteiger charge is -2.05. The van der Waals surface area contributed by atoms with E-state index >= 15 is 0 Å². The molecule has 1 fully saturated rings. The monoisotopic (exact) mass is 271 g/mol. The van der Waals surface area contributed by atoms with Crippen molar-refractivity contribution < 1.29 is 4.42 Å². The highest BCUT2D eigenvalue weighted by Gasteiger charge is 2.36. The molecule has 0 radical (unpaired) electrons. The molecule has 2 atom stereocenters. The molecule has 2 unspecified atom stereocenters. The predicted octanol–water partition coefficient (Wildman–Crippen LogP) is 3.85. The van der Waals surface area contributed by atoms with Crippen molar-refractivity contribution in [3.8, 4) is 11.6 Å². The van der Waals surface area contributed by atoms with Gasteiger partial charge in [0.25, 0.3) is 0 Å². The number of anilines is 1. The first-order valence-electron chi connectivity index (χ1n) is 7.37. The topological polar surface area (TPSA) is 51.0 Å². The number of nitrogens with zero attached hydrogens (tertiary/aromatic N) is 2. The number of aromatic nitrogens is 2. The lowest BCUT2D eigenvalue weighted by Crippen LogP contribution is -2.00. The Balaban J connectivity index is 1.91. The van der Waals surface area contributed by atoms with Gasteiger partial charge >= 0.3 is 0 Å². The van der Waals surface area contributed by atoms with Crippen molar-refractivity contribution >= 4 is 5.82 Å². The van der Waals surface area contributed by atoms with Crippen LogP contribution in [0.2, 0.25) is 0 Å². The van der Waals surface area contributed by atoms with Gasteiger partial charge in [0.15, 0.2) is 11.6 Å². The molecule has 2 aromatic heterocycles. The fourth-order valence-corrected chi connectivity index (χ4v) is 2.51. The molecule has 0 saturated heterocycles. The van der Waals surface area contributed by atoms with E-state index in [4.69, 9.17) is 4.42 Å². The second-order valence-corrected chi connectivity index (χ2v) is 5.59. The minimum atomic E-state index is 0.589. The first-order valence-corrected chi connectivity index (χ1v) is 7.37. The Labute approximate surface area is 119 Å². The van der Waals surface area contributed by atoms with Crippen molar-refractivity contribution in [1.82, 2.24) is 9.97 Å². The van der Waals surface area contributed by atoms with E-state index in [9.17, 15) is 0 Å². The van der Waals surface area contributed by atoms with Crippen LogP contribution in [0.15, 0.2) is 22.6 Å².